The fraction of sp³-hybridized carbons (Fsp3) is 0.823. The van der Waals surface area contributed by atoms with Crippen LogP contribution in [-0.2, 0) is 33.3 Å². The van der Waals surface area contributed by atoms with Gasteiger partial charge in [-0.1, -0.05) is 255 Å². The van der Waals surface area contributed by atoms with Crippen LogP contribution in [0.15, 0.2) is 48.6 Å². The Morgan fingerprint density at radius 3 is 1.20 bits per heavy atom. The van der Waals surface area contributed by atoms with E-state index in [0.717, 1.165) is 64.2 Å². The zero-order valence-electron chi connectivity index (χ0n) is 47.1. The molecule has 0 radical (unpaired) electrons. The lowest BCUT2D eigenvalue weighted by atomic mass is 10.0. The number of unbranched alkanes of at least 4 members (excludes halogenated alkanes) is 32. The Bertz CT molecular complexity index is 1300. The van der Waals surface area contributed by atoms with E-state index in [1.165, 1.54) is 180 Å². The number of quaternary nitrogens is 1. The molecule has 0 aromatic carbocycles. The smallest absolute Gasteiger partial charge is 0.361 e. The van der Waals surface area contributed by atoms with E-state index in [2.05, 4.69) is 62.5 Å². The number of ether oxygens (including phenoxy) is 4. The van der Waals surface area contributed by atoms with Crippen molar-refractivity contribution in [2.24, 2.45) is 0 Å². The van der Waals surface area contributed by atoms with Gasteiger partial charge in [0.1, 0.15) is 13.2 Å². The first-order chi connectivity index (χ1) is 34.6. The predicted molar refractivity (Wildman–Crippen MR) is 300 cm³/mol. The summed E-state index contributed by atoms with van der Waals surface area (Å²) in [6.07, 6.45) is 63.8. The third-order valence-corrected chi connectivity index (χ3v) is 13.1. The second kappa shape index (κ2) is 53.5. The van der Waals surface area contributed by atoms with Gasteiger partial charge < -0.3 is 28.5 Å². The van der Waals surface area contributed by atoms with Crippen molar-refractivity contribution in [1.29, 1.82) is 0 Å². The molecule has 0 aliphatic heterocycles. The highest BCUT2D eigenvalue weighted by atomic mass is 16.7. The van der Waals surface area contributed by atoms with Crippen LogP contribution in [0.3, 0.4) is 0 Å². The third kappa shape index (κ3) is 54.9. The topological polar surface area (TPSA) is 108 Å². The SMILES string of the molecule is CC/C=C\C/C=C\C/C=C\C/C=C\CCCCCCCCCCCCCCCCCCCCCCCCCCC(=O)OC(COC(=O)CCCCCCCCCCC)COC(OCC[N+](C)(C)C)C(=O)O. The summed E-state index contributed by atoms with van der Waals surface area (Å²) in [6.45, 7) is 4.76. The molecule has 71 heavy (non-hydrogen) atoms. The first kappa shape index (κ1) is 68.2. The highest BCUT2D eigenvalue weighted by Gasteiger charge is 2.25. The third-order valence-electron chi connectivity index (χ3n) is 13.1. The predicted octanol–water partition coefficient (Wildman–Crippen LogP) is 17.5. The van der Waals surface area contributed by atoms with Gasteiger partial charge in [-0.2, -0.15) is 0 Å². The van der Waals surface area contributed by atoms with Crippen LogP contribution < -0.4 is 0 Å². The maximum absolute atomic E-state index is 12.8. The molecule has 0 aromatic rings. The van der Waals surface area contributed by atoms with Crippen LogP contribution in [0.1, 0.15) is 271 Å². The van der Waals surface area contributed by atoms with Gasteiger partial charge in [-0.25, -0.2) is 4.79 Å². The minimum atomic E-state index is -1.50. The van der Waals surface area contributed by atoms with Crippen molar-refractivity contribution in [2.45, 2.75) is 283 Å². The zero-order valence-corrected chi connectivity index (χ0v) is 47.1. The van der Waals surface area contributed by atoms with E-state index in [1.54, 1.807) is 0 Å². The number of hydrogen-bond donors (Lipinski definition) is 1. The maximum Gasteiger partial charge on any atom is 0.361 e. The highest BCUT2D eigenvalue weighted by Crippen LogP contribution is 2.17. The van der Waals surface area contributed by atoms with Crippen LogP contribution in [0.4, 0.5) is 0 Å². The molecule has 0 aliphatic carbocycles. The van der Waals surface area contributed by atoms with Gasteiger partial charge in [0.05, 0.1) is 34.4 Å². The average Bonchev–Trinajstić information content (AvgIpc) is 3.34. The lowest BCUT2D eigenvalue weighted by molar-refractivity contribution is -0.870. The van der Waals surface area contributed by atoms with Crippen LogP contribution in [0.5, 0.6) is 0 Å². The van der Waals surface area contributed by atoms with Gasteiger partial charge in [-0.3, -0.25) is 9.59 Å². The molecule has 0 bridgehead atoms. The Hall–Kier alpha value is -2.75. The van der Waals surface area contributed by atoms with Gasteiger partial charge >= 0.3 is 17.9 Å². The number of carbonyl (C=O) groups is 3. The van der Waals surface area contributed by atoms with E-state index in [9.17, 15) is 19.5 Å². The molecule has 0 heterocycles. The van der Waals surface area contributed by atoms with Gasteiger partial charge in [0, 0.05) is 12.8 Å². The molecule has 0 aliphatic rings. The number of carbonyl (C=O) groups excluding carboxylic acids is 2. The van der Waals surface area contributed by atoms with E-state index in [4.69, 9.17) is 18.9 Å². The van der Waals surface area contributed by atoms with Gasteiger partial charge in [-0.05, 0) is 51.4 Å². The Balaban J connectivity index is 3.90. The average molecular weight is 1000 g/mol. The number of carboxylic acid groups (broad SMARTS) is 1. The lowest BCUT2D eigenvalue weighted by Gasteiger charge is -2.25. The van der Waals surface area contributed by atoms with Crippen molar-refractivity contribution in [1.82, 2.24) is 0 Å². The normalized spacial score (nSPS) is 13.1. The molecule has 0 rings (SSSR count). The molecule has 0 amide bonds. The molecule has 2 atom stereocenters. The molecule has 9 nitrogen and oxygen atoms in total. The summed E-state index contributed by atoms with van der Waals surface area (Å²) < 4.78 is 22.8. The van der Waals surface area contributed by atoms with Crippen molar-refractivity contribution in [3.8, 4) is 0 Å². The van der Waals surface area contributed by atoms with E-state index in [0.29, 0.717) is 17.4 Å². The summed E-state index contributed by atoms with van der Waals surface area (Å²) in [5, 5.41) is 9.66. The van der Waals surface area contributed by atoms with E-state index >= 15 is 0 Å². The molecule has 0 aromatic heterocycles. The molecule has 0 fully saturated rings. The molecular weight excluding hydrogens is 887 g/mol. The number of rotatable bonds is 55. The van der Waals surface area contributed by atoms with Crippen molar-refractivity contribution in [3.05, 3.63) is 48.6 Å². The van der Waals surface area contributed by atoms with Gasteiger partial charge in [0.25, 0.3) is 6.29 Å². The van der Waals surface area contributed by atoms with E-state index in [-0.39, 0.29) is 32.2 Å². The largest absolute Gasteiger partial charge is 0.477 e. The number of allylic oxidation sites excluding steroid dienone is 8. The summed E-state index contributed by atoms with van der Waals surface area (Å²) in [5.74, 6) is -1.99. The molecular formula is C62H114NO8+. The van der Waals surface area contributed by atoms with Crippen LogP contribution in [0, 0.1) is 0 Å². The number of carboxylic acids is 1. The Labute approximate surface area is 438 Å². The summed E-state index contributed by atoms with van der Waals surface area (Å²) in [4.78, 5) is 37.2. The first-order valence-corrected chi connectivity index (χ1v) is 29.8. The second-order valence-electron chi connectivity index (χ2n) is 21.3. The van der Waals surface area contributed by atoms with Crippen molar-refractivity contribution < 1.29 is 42.9 Å². The minimum Gasteiger partial charge on any atom is -0.477 e. The van der Waals surface area contributed by atoms with Crippen molar-refractivity contribution in [2.75, 3.05) is 47.5 Å². The Morgan fingerprint density at radius 1 is 0.437 bits per heavy atom. The highest BCUT2D eigenvalue weighted by molar-refractivity contribution is 5.71. The minimum absolute atomic E-state index is 0.177. The molecule has 0 saturated heterocycles. The molecule has 414 valence electrons. The standard InChI is InChI=1S/C62H113NO8/c1-6-8-10-12-14-16-17-18-19-20-21-22-23-24-25-26-27-28-29-30-31-32-33-34-35-36-37-38-39-40-41-42-43-45-47-49-51-53-60(65)71-58(57-70-62(61(66)67)68-55-54-63(3,4)5)56-69-59(64)52-50-48-46-44-15-13-11-9-7-2/h8,10,14,16,18-19,21-22,58,62H,6-7,9,11-13,15,17,20,23-57H2,1-5H3/p+1/b10-8-,16-14-,19-18-,22-21-. The summed E-state index contributed by atoms with van der Waals surface area (Å²) in [6, 6.07) is 0. The van der Waals surface area contributed by atoms with Crippen LogP contribution in [0.2, 0.25) is 0 Å². The lowest BCUT2D eigenvalue weighted by Crippen LogP contribution is -2.40. The summed E-state index contributed by atoms with van der Waals surface area (Å²) >= 11 is 0. The van der Waals surface area contributed by atoms with Crippen LogP contribution >= 0.6 is 0 Å². The number of esters is 2. The Kier molecular flexibility index (Phi) is 51.5. The van der Waals surface area contributed by atoms with Crippen LogP contribution in [-0.4, -0.2) is 87.4 Å². The summed E-state index contributed by atoms with van der Waals surface area (Å²) in [7, 11) is 5.97. The molecule has 2 unspecified atom stereocenters. The van der Waals surface area contributed by atoms with Gasteiger partial charge in [0.2, 0.25) is 0 Å². The van der Waals surface area contributed by atoms with Crippen molar-refractivity contribution >= 4 is 17.9 Å². The molecule has 1 N–H and O–H groups in total. The van der Waals surface area contributed by atoms with Crippen molar-refractivity contribution in [3.63, 3.8) is 0 Å². The number of aliphatic carboxylic acids is 1. The molecule has 0 spiro atoms. The Morgan fingerprint density at radius 2 is 0.803 bits per heavy atom. The maximum atomic E-state index is 12.8. The quantitative estimate of drug-likeness (QED) is 0.0211. The van der Waals surface area contributed by atoms with E-state index < -0.39 is 24.3 Å². The monoisotopic (exact) mass is 1000 g/mol. The number of nitrogens with zero attached hydrogens (tertiary/aromatic N) is 1. The fourth-order valence-electron chi connectivity index (χ4n) is 8.54. The fourth-order valence-corrected chi connectivity index (χ4v) is 8.54. The number of hydrogen-bond acceptors (Lipinski definition) is 7. The van der Waals surface area contributed by atoms with Gasteiger partial charge in [-0.15, -0.1) is 0 Å². The molecule has 9 heteroatoms. The van der Waals surface area contributed by atoms with Gasteiger partial charge in [0.15, 0.2) is 6.10 Å². The van der Waals surface area contributed by atoms with E-state index in [1.807, 2.05) is 21.1 Å². The molecule has 0 saturated carbocycles. The zero-order chi connectivity index (χ0) is 52.0. The number of likely N-dealkylation sites (N-methyl/N-ethyl adjacent to an activating group) is 1. The first-order valence-electron chi connectivity index (χ1n) is 29.8. The summed E-state index contributed by atoms with van der Waals surface area (Å²) in [5.41, 5.74) is 0. The second-order valence-corrected chi connectivity index (χ2v) is 21.3. The van der Waals surface area contributed by atoms with Crippen LogP contribution in [0.25, 0.3) is 0 Å².